The predicted octanol–water partition coefficient (Wildman–Crippen LogP) is 13.0. The summed E-state index contributed by atoms with van der Waals surface area (Å²) in [6, 6.07) is 0. The molecule has 0 aromatic rings. The van der Waals surface area contributed by atoms with Gasteiger partial charge in [-0.1, -0.05) is 207 Å². The van der Waals surface area contributed by atoms with Crippen molar-refractivity contribution >= 4 is 11.9 Å². The van der Waals surface area contributed by atoms with Gasteiger partial charge in [0.2, 0.25) is 0 Å². The largest absolute Gasteiger partial charge is 0.462 e. The summed E-state index contributed by atoms with van der Waals surface area (Å²) in [6.45, 7) is 6.53. The van der Waals surface area contributed by atoms with Crippen LogP contribution in [0.25, 0.3) is 0 Å². The topological polar surface area (TPSA) is 72.8 Å². The van der Waals surface area contributed by atoms with E-state index in [1.54, 1.807) is 0 Å². The van der Waals surface area contributed by atoms with Gasteiger partial charge in [-0.15, -0.1) is 0 Å². The zero-order valence-corrected chi connectivity index (χ0v) is 32.0. The van der Waals surface area contributed by atoms with Crippen LogP contribution in [0.1, 0.15) is 233 Å². The van der Waals surface area contributed by atoms with E-state index in [0.29, 0.717) is 12.8 Å². The molecule has 0 aliphatic heterocycles. The van der Waals surface area contributed by atoms with E-state index >= 15 is 0 Å². The van der Waals surface area contributed by atoms with Gasteiger partial charge in [0.05, 0.1) is 6.61 Å². The van der Waals surface area contributed by atoms with Crippen LogP contribution in [0.3, 0.4) is 0 Å². The molecule has 0 bridgehead atoms. The molecule has 0 saturated heterocycles. The summed E-state index contributed by atoms with van der Waals surface area (Å²) in [6.07, 6.45) is 40.2. The Morgan fingerprint density at radius 1 is 0.468 bits per heavy atom. The highest BCUT2D eigenvalue weighted by Gasteiger charge is 2.16. The molecule has 0 aromatic carbocycles. The Labute approximate surface area is 293 Å². The van der Waals surface area contributed by atoms with Crippen molar-refractivity contribution in [2.75, 3.05) is 13.2 Å². The molecule has 1 N–H and O–H groups in total. The molecule has 0 radical (unpaired) electrons. The van der Waals surface area contributed by atoms with Gasteiger partial charge in [0, 0.05) is 12.8 Å². The Morgan fingerprint density at radius 2 is 0.787 bits per heavy atom. The maximum atomic E-state index is 12.2. The van der Waals surface area contributed by atoms with Crippen LogP contribution in [-0.2, 0) is 19.1 Å². The molecule has 0 aliphatic carbocycles. The number of hydrogen-bond donors (Lipinski definition) is 1. The zero-order valence-electron chi connectivity index (χ0n) is 32.0. The number of aliphatic hydroxyl groups is 1. The van der Waals surface area contributed by atoms with Gasteiger partial charge in [-0.25, -0.2) is 0 Å². The quantitative estimate of drug-likeness (QED) is 0.0524. The minimum Gasteiger partial charge on any atom is -0.462 e. The van der Waals surface area contributed by atoms with Gasteiger partial charge in [-0.2, -0.15) is 0 Å². The van der Waals surface area contributed by atoms with E-state index in [1.165, 1.54) is 167 Å². The third kappa shape index (κ3) is 37.6. The Bertz CT molecular complexity index is 649. The molecule has 47 heavy (non-hydrogen) atoms. The van der Waals surface area contributed by atoms with Gasteiger partial charge in [-0.05, 0) is 18.8 Å². The van der Waals surface area contributed by atoms with E-state index in [1.807, 2.05) is 0 Å². The van der Waals surface area contributed by atoms with Gasteiger partial charge in [0.15, 0.2) is 6.10 Å². The van der Waals surface area contributed by atoms with Gasteiger partial charge in [0.25, 0.3) is 0 Å². The zero-order chi connectivity index (χ0) is 34.5. The smallest absolute Gasteiger partial charge is 0.306 e. The molecule has 0 unspecified atom stereocenters. The lowest BCUT2D eigenvalue weighted by Crippen LogP contribution is -2.28. The molecule has 0 amide bonds. The Balaban J connectivity index is 3.48. The van der Waals surface area contributed by atoms with E-state index in [2.05, 4.69) is 20.8 Å². The van der Waals surface area contributed by atoms with Crippen LogP contribution in [0, 0.1) is 5.92 Å². The van der Waals surface area contributed by atoms with E-state index in [9.17, 15) is 14.7 Å². The first-order valence-electron chi connectivity index (χ1n) is 21.0. The third-order valence-corrected chi connectivity index (χ3v) is 9.58. The van der Waals surface area contributed by atoms with Crippen molar-refractivity contribution in [1.29, 1.82) is 0 Å². The number of carbonyl (C=O) groups is 2. The van der Waals surface area contributed by atoms with Gasteiger partial charge in [0.1, 0.15) is 6.61 Å². The summed E-state index contributed by atoms with van der Waals surface area (Å²) in [5, 5.41) is 9.56. The van der Waals surface area contributed by atoms with Crippen LogP contribution in [0.5, 0.6) is 0 Å². The predicted molar refractivity (Wildman–Crippen MR) is 201 cm³/mol. The lowest BCUT2D eigenvalue weighted by molar-refractivity contribution is -0.161. The minimum absolute atomic E-state index is 0.0573. The number of rotatable bonds is 38. The van der Waals surface area contributed by atoms with Crippen LogP contribution in [0.15, 0.2) is 0 Å². The molecule has 1 atom stereocenters. The molecule has 0 heterocycles. The highest BCUT2D eigenvalue weighted by atomic mass is 16.6. The fourth-order valence-corrected chi connectivity index (χ4v) is 6.39. The summed E-state index contributed by atoms with van der Waals surface area (Å²) in [5.74, 6) is 0.281. The molecule has 5 heteroatoms. The molecular formula is C42H82O5. The number of ether oxygens (including phenoxy) is 2. The molecule has 280 valence electrons. The first-order chi connectivity index (χ1) is 23.0. The van der Waals surface area contributed by atoms with Crippen molar-refractivity contribution in [1.82, 2.24) is 0 Å². The van der Waals surface area contributed by atoms with E-state index in [4.69, 9.17) is 9.47 Å². The Hall–Kier alpha value is -1.10. The van der Waals surface area contributed by atoms with Crippen molar-refractivity contribution in [3.8, 4) is 0 Å². The van der Waals surface area contributed by atoms with Crippen molar-refractivity contribution in [2.24, 2.45) is 5.92 Å². The van der Waals surface area contributed by atoms with Gasteiger partial charge in [-0.3, -0.25) is 9.59 Å². The minimum atomic E-state index is -0.762. The van der Waals surface area contributed by atoms with Crippen LogP contribution >= 0.6 is 0 Å². The molecule has 0 spiro atoms. The fraction of sp³-hybridized carbons (Fsp3) is 0.952. The number of aliphatic hydroxyl groups excluding tert-OH is 1. The first kappa shape index (κ1) is 45.9. The normalized spacial score (nSPS) is 12.1. The summed E-state index contributed by atoms with van der Waals surface area (Å²) in [7, 11) is 0. The fourth-order valence-electron chi connectivity index (χ4n) is 6.39. The van der Waals surface area contributed by atoms with Crippen molar-refractivity contribution in [3.05, 3.63) is 0 Å². The monoisotopic (exact) mass is 667 g/mol. The standard InChI is InChI=1S/C42H82O5/c1-4-5-6-7-8-9-10-11-13-17-20-23-26-29-32-35-41(44)46-38-40(37-43)47-42(45)36-33-30-27-24-21-18-15-12-14-16-19-22-25-28-31-34-39(2)3/h39-40,43H,4-38H2,1-3H3/t40-/m0/s1. The third-order valence-electron chi connectivity index (χ3n) is 9.58. The average molecular weight is 667 g/mol. The van der Waals surface area contributed by atoms with Gasteiger partial charge >= 0.3 is 11.9 Å². The second-order valence-corrected chi connectivity index (χ2v) is 14.9. The molecule has 0 aromatic heterocycles. The molecular weight excluding hydrogens is 584 g/mol. The number of unbranched alkanes of at least 4 members (excludes halogenated alkanes) is 28. The number of esters is 2. The van der Waals surface area contributed by atoms with E-state index in [-0.39, 0.29) is 25.2 Å². The second kappa shape index (κ2) is 37.7. The molecule has 5 nitrogen and oxygen atoms in total. The van der Waals surface area contributed by atoms with Crippen molar-refractivity contribution in [2.45, 2.75) is 239 Å². The highest BCUT2D eigenvalue weighted by molar-refractivity contribution is 5.70. The lowest BCUT2D eigenvalue weighted by Gasteiger charge is -2.15. The molecule has 0 fully saturated rings. The van der Waals surface area contributed by atoms with E-state index < -0.39 is 6.10 Å². The van der Waals surface area contributed by atoms with Crippen molar-refractivity contribution in [3.63, 3.8) is 0 Å². The summed E-state index contributed by atoms with van der Waals surface area (Å²) >= 11 is 0. The van der Waals surface area contributed by atoms with Crippen LogP contribution in [-0.4, -0.2) is 36.4 Å². The summed E-state index contributed by atoms with van der Waals surface area (Å²) in [5.41, 5.74) is 0. The average Bonchev–Trinajstić information content (AvgIpc) is 3.06. The van der Waals surface area contributed by atoms with E-state index in [0.717, 1.165) is 38.0 Å². The van der Waals surface area contributed by atoms with Crippen LogP contribution in [0.4, 0.5) is 0 Å². The van der Waals surface area contributed by atoms with Crippen LogP contribution < -0.4 is 0 Å². The maximum Gasteiger partial charge on any atom is 0.306 e. The van der Waals surface area contributed by atoms with Crippen LogP contribution in [0.2, 0.25) is 0 Å². The Kier molecular flexibility index (Phi) is 36.8. The summed E-state index contributed by atoms with van der Waals surface area (Å²) in [4.78, 5) is 24.3. The molecule has 0 aliphatic rings. The SMILES string of the molecule is CCCCCCCCCCCCCCCCCC(=O)OC[C@H](CO)OC(=O)CCCCCCCCCCCCCCCCCC(C)C. The maximum absolute atomic E-state index is 12.2. The summed E-state index contributed by atoms with van der Waals surface area (Å²) < 4.78 is 10.6. The van der Waals surface area contributed by atoms with Crippen molar-refractivity contribution < 1.29 is 24.2 Å². The first-order valence-corrected chi connectivity index (χ1v) is 21.0. The van der Waals surface area contributed by atoms with Gasteiger partial charge < -0.3 is 14.6 Å². The second-order valence-electron chi connectivity index (χ2n) is 14.9. The molecule has 0 saturated carbocycles. The lowest BCUT2D eigenvalue weighted by atomic mass is 10.0. The number of hydrogen-bond acceptors (Lipinski definition) is 5. The molecule has 0 rings (SSSR count). The number of carbonyl (C=O) groups excluding carboxylic acids is 2. The highest BCUT2D eigenvalue weighted by Crippen LogP contribution is 2.16. The Morgan fingerprint density at radius 3 is 1.13 bits per heavy atom.